The summed E-state index contributed by atoms with van der Waals surface area (Å²) in [5, 5.41) is 10.1. The summed E-state index contributed by atoms with van der Waals surface area (Å²) in [6, 6.07) is 5.91. The molecule has 0 heterocycles. The Bertz CT molecular complexity index is 346. The fraction of sp³-hybridized carbons (Fsp3) is 0.538. The van der Waals surface area contributed by atoms with Crippen LogP contribution in [0.3, 0.4) is 0 Å². The molecule has 0 amide bonds. The molecule has 0 aliphatic heterocycles. The van der Waals surface area contributed by atoms with Gasteiger partial charge in [0.05, 0.1) is 5.60 Å². The average Bonchev–Trinajstić information content (AvgIpc) is 2.30. The van der Waals surface area contributed by atoms with Crippen LogP contribution in [-0.4, -0.2) is 17.3 Å². The Labute approximate surface area is 106 Å². The summed E-state index contributed by atoms with van der Waals surface area (Å²) in [5.41, 5.74) is 0.368. The molecule has 0 saturated heterocycles. The van der Waals surface area contributed by atoms with Crippen molar-refractivity contribution in [3.8, 4) is 5.75 Å². The maximum Gasteiger partial charge on any atom is 0.123 e. The lowest BCUT2D eigenvalue weighted by molar-refractivity contribution is -0.0115. The minimum absolute atomic E-state index is 0.345. The van der Waals surface area contributed by atoms with Crippen LogP contribution < -0.4 is 4.74 Å². The molecule has 0 saturated carbocycles. The Hall–Kier alpha value is -0.540. The highest BCUT2D eigenvalue weighted by molar-refractivity contribution is 9.10. The van der Waals surface area contributed by atoms with Crippen LogP contribution in [0.5, 0.6) is 5.75 Å². The van der Waals surface area contributed by atoms with Gasteiger partial charge < -0.3 is 9.84 Å². The third-order valence-corrected chi connectivity index (χ3v) is 3.46. The van der Waals surface area contributed by atoms with Crippen LogP contribution in [0.15, 0.2) is 22.7 Å². The van der Waals surface area contributed by atoms with E-state index in [9.17, 15) is 5.11 Å². The topological polar surface area (TPSA) is 29.5 Å². The van der Waals surface area contributed by atoms with Gasteiger partial charge in [-0.1, -0.05) is 35.8 Å². The van der Waals surface area contributed by atoms with Crippen LogP contribution in [-0.2, 0) is 0 Å². The Morgan fingerprint density at radius 2 is 1.94 bits per heavy atom. The zero-order valence-corrected chi connectivity index (χ0v) is 11.7. The van der Waals surface area contributed by atoms with E-state index in [1.54, 1.807) is 0 Å². The molecule has 1 N–H and O–H groups in total. The fourth-order valence-electron chi connectivity index (χ4n) is 1.40. The van der Waals surface area contributed by atoms with Crippen LogP contribution >= 0.6 is 15.9 Å². The first-order valence-electron chi connectivity index (χ1n) is 5.62. The van der Waals surface area contributed by atoms with Crippen molar-refractivity contribution in [3.63, 3.8) is 0 Å². The van der Waals surface area contributed by atoms with E-state index in [0.29, 0.717) is 19.4 Å². The van der Waals surface area contributed by atoms with Gasteiger partial charge in [0.2, 0.25) is 0 Å². The van der Waals surface area contributed by atoms with Crippen LogP contribution in [0.1, 0.15) is 32.3 Å². The second kappa shape index (κ2) is 5.69. The van der Waals surface area contributed by atoms with E-state index in [2.05, 4.69) is 15.9 Å². The highest BCUT2D eigenvalue weighted by atomic mass is 79.9. The van der Waals surface area contributed by atoms with Crippen molar-refractivity contribution < 1.29 is 9.84 Å². The van der Waals surface area contributed by atoms with E-state index in [1.165, 1.54) is 0 Å². The van der Waals surface area contributed by atoms with Crippen molar-refractivity contribution in [2.75, 3.05) is 6.61 Å². The molecule has 0 aliphatic carbocycles. The molecule has 1 aromatic carbocycles. The molecular formula is C13H19BrO2. The number of rotatable bonds is 5. The minimum atomic E-state index is -0.714. The van der Waals surface area contributed by atoms with Crippen LogP contribution in [0, 0.1) is 6.92 Å². The second-order valence-corrected chi connectivity index (χ2v) is 5.05. The lowest BCUT2D eigenvalue weighted by atomic mass is 9.99. The number of halogens is 1. The van der Waals surface area contributed by atoms with Gasteiger partial charge in [-0.05, 0) is 37.5 Å². The molecule has 0 spiro atoms. The van der Waals surface area contributed by atoms with Gasteiger partial charge in [0.25, 0.3) is 0 Å². The smallest absolute Gasteiger partial charge is 0.123 e. The number of hydrogen-bond donors (Lipinski definition) is 1. The summed E-state index contributed by atoms with van der Waals surface area (Å²) in [6.45, 7) is 6.29. The number of ether oxygens (including phenoxy) is 1. The van der Waals surface area contributed by atoms with Crippen molar-refractivity contribution in [2.45, 2.75) is 39.2 Å². The maximum atomic E-state index is 10.1. The lowest BCUT2D eigenvalue weighted by Crippen LogP contribution is -2.34. The van der Waals surface area contributed by atoms with Gasteiger partial charge in [-0.15, -0.1) is 0 Å². The van der Waals surface area contributed by atoms with Crippen LogP contribution in [0.2, 0.25) is 0 Å². The summed E-state index contributed by atoms with van der Waals surface area (Å²) >= 11 is 3.41. The van der Waals surface area contributed by atoms with E-state index >= 15 is 0 Å². The highest BCUT2D eigenvalue weighted by Crippen LogP contribution is 2.25. The molecule has 16 heavy (non-hydrogen) atoms. The van der Waals surface area contributed by atoms with Gasteiger partial charge in [-0.25, -0.2) is 0 Å². The molecule has 1 rings (SSSR count). The second-order valence-electron chi connectivity index (χ2n) is 4.13. The Balaban J connectivity index is 2.70. The van der Waals surface area contributed by atoms with Crippen molar-refractivity contribution in [3.05, 3.63) is 28.2 Å². The quantitative estimate of drug-likeness (QED) is 0.895. The van der Waals surface area contributed by atoms with Crippen LogP contribution in [0.4, 0.5) is 0 Å². The van der Waals surface area contributed by atoms with Gasteiger partial charge >= 0.3 is 0 Å². The third-order valence-electron chi connectivity index (χ3n) is 2.96. The number of benzene rings is 1. The van der Waals surface area contributed by atoms with Crippen LogP contribution in [0.25, 0.3) is 0 Å². The van der Waals surface area contributed by atoms with Gasteiger partial charge in [0, 0.05) is 4.47 Å². The summed E-state index contributed by atoms with van der Waals surface area (Å²) < 4.78 is 6.67. The van der Waals surface area contributed by atoms with E-state index in [1.807, 2.05) is 39.0 Å². The van der Waals surface area contributed by atoms with Gasteiger partial charge in [-0.3, -0.25) is 0 Å². The normalized spacial score (nSPS) is 11.6. The van der Waals surface area contributed by atoms with Crippen molar-refractivity contribution in [1.29, 1.82) is 0 Å². The van der Waals surface area contributed by atoms with E-state index in [4.69, 9.17) is 4.74 Å². The molecule has 0 atom stereocenters. The molecule has 0 aromatic heterocycles. The first-order valence-corrected chi connectivity index (χ1v) is 6.41. The largest absolute Gasteiger partial charge is 0.490 e. The van der Waals surface area contributed by atoms with Crippen molar-refractivity contribution in [1.82, 2.24) is 0 Å². The zero-order chi connectivity index (χ0) is 12.2. The molecule has 0 bridgehead atoms. The van der Waals surface area contributed by atoms with E-state index in [-0.39, 0.29) is 0 Å². The molecule has 90 valence electrons. The van der Waals surface area contributed by atoms with E-state index in [0.717, 1.165) is 15.8 Å². The summed E-state index contributed by atoms with van der Waals surface area (Å²) in [7, 11) is 0. The SMILES string of the molecule is CCC(O)(CC)COc1cc(Br)ccc1C. The molecule has 0 unspecified atom stereocenters. The summed E-state index contributed by atoms with van der Waals surface area (Å²) in [4.78, 5) is 0. The monoisotopic (exact) mass is 286 g/mol. The average molecular weight is 287 g/mol. The number of hydrogen-bond acceptors (Lipinski definition) is 2. The van der Waals surface area contributed by atoms with Crippen molar-refractivity contribution >= 4 is 15.9 Å². The first kappa shape index (κ1) is 13.5. The Morgan fingerprint density at radius 3 is 2.50 bits per heavy atom. The molecule has 1 aromatic rings. The molecule has 0 fully saturated rings. The molecule has 2 nitrogen and oxygen atoms in total. The molecule has 0 radical (unpaired) electrons. The van der Waals surface area contributed by atoms with Gasteiger partial charge in [0.1, 0.15) is 12.4 Å². The molecule has 3 heteroatoms. The minimum Gasteiger partial charge on any atom is -0.490 e. The highest BCUT2D eigenvalue weighted by Gasteiger charge is 2.23. The lowest BCUT2D eigenvalue weighted by Gasteiger charge is -2.25. The predicted octanol–water partition coefficient (Wildman–Crippen LogP) is 3.69. The molecular weight excluding hydrogens is 268 g/mol. The summed E-state index contributed by atoms with van der Waals surface area (Å²) in [6.07, 6.45) is 1.41. The first-order chi connectivity index (χ1) is 7.50. The maximum absolute atomic E-state index is 10.1. The standard InChI is InChI=1S/C13H19BrO2/c1-4-13(15,5-2)9-16-12-8-11(14)7-6-10(12)3/h6-8,15H,4-5,9H2,1-3H3. The number of aryl methyl sites for hydroxylation is 1. The zero-order valence-electron chi connectivity index (χ0n) is 10.1. The number of aliphatic hydroxyl groups is 1. The third kappa shape index (κ3) is 3.49. The predicted molar refractivity (Wildman–Crippen MR) is 69.9 cm³/mol. The Morgan fingerprint density at radius 1 is 1.31 bits per heavy atom. The van der Waals surface area contributed by atoms with Crippen molar-refractivity contribution in [2.24, 2.45) is 0 Å². The summed E-state index contributed by atoms with van der Waals surface area (Å²) in [5.74, 6) is 0.828. The fourth-order valence-corrected chi connectivity index (χ4v) is 1.74. The van der Waals surface area contributed by atoms with Gasteiger partial charge in [0.15, 0.2) is 0 Å². The molecule has 0 aliphatic rings. The van der Waals surface area contributed by atoms with Gasteiger partial charge in [-0.2, -0.15) is 0 Å². The Kier molecular flexibility index (Phi) is 4.81. The van der Waals surface area contributed by atoms with E-state index < -0.39 is 5.60 Å².